The molecule has 0 radical (unpaired) electrons. The van der Waals surface area contributed by atoms with Crippen LogP contribution in [0.25, 0.3) is 0 Å². The number of anilines is 1. The number of halogens is 1. The highest BCUT2D eigenvalue weighted by Gasteiger charge is 2.41. The molecule has 3 rings (SSSR count). The molecule has 0 amide bonds. The van der Waals surface area contributed by atoms with Crippen LogP contribution in [0.1, 0.15) is 25.7 Å². The number of fused-ring (bicyclic) bond motifs is 2. The van der Waals surface area contributed by atoms with Crippen molar-refractivity contribution in [1.82, 2.24) is 0 Å². The van der Waals surface area contributed by atoms with Gasteiger partial charge in [0.2, 0.25) is 0 Å². The first-order valence-electron chi connectivity index (χ1n) is 6.30. The van der Waals surface area contributed by atoms with Crippen LogP contribution in [0.4, 0.5) is 15.8 Å². The lowest BCUT2D eigenvalue weighted by molar-refractivity contribution is -0.385. The molecule has 2 fully saturated rings. The molecule has 2 atom stereocenters. The van der Waals surface area contributed by atoms with E-state index in [-0.39, 0.29) is 23.6 Å². The maximum atomic E-state index is 14.0. The minimum Gasteiger partial charge on any atom is -0.362 e. The summed E-state index contributed by atoms with van der Waals surface area (Å²) in [4.78, 5) is 23.4. The van der Waals surface area contributed by atoms with E-state index < -0.39 is 10.7 Å². The van der Waals surface area contributed by atoms with Crippen LogP contribution in [0.5, 0.6) is 0 Å². The van der Waals surface area contributed by atoms with Crippen molar-refractivity contribution in [3.05, 3.63) is 34.1 Å². The molecule has 0 saturated carbocycles. The number of hydrogen-bond acceptors (Lipinski definition) is 4. The second-order valence-electron chi connectivity index (χ2n) is 5.13. The predicted octanol–water partition coefficient (Wildman–Crippen LogP) is 2.43. The van der Waals surface area contributed by atoms with Gasteiger partial charge in [0.1, 0.15) is 5.78 Å². The van der Waals surface area contributed by atoms with Gasteiger partial charge < -0.3 is 4.90 Å². The summed E-state index contributed by atoms with van der Waals surface area (Å²) in [6.07, 6.45) is 2.67. The number of nitro groups is 1. The minimum atomic E-state index is -0.610. The Labute approximate surface area is 109 Å². The summed E-state index contributed by atoms with van der Waals surface area (Å²) in [6, 6.07) is 3.80. The van der Waals surface area contributed by atoms with Gasteiger partial charge in [-0.05, 0) is 18.9 Å². The first-order valence-corrected chi connectivity index (χ1v) is 6.30. The molecular weight excluding hydrogens is 251 g/mol. The van der Waals surface area contributed by atoms with Gasteiger partial charge in [-0.3, -0.25) is 14.9 Å². The number of rotatable bonds is 2. The summed E-state index contributed by atoms with van der Waals surface area (Å²) < 4.78 is 14.0. The molecule has 6 heteroatoms. The van der Waals surface area contributed by atoms with Gasteiger partial charge in [-0.15, -0.1) is 0 Å². The Morgan fingerprint density at radius 1 is 1.26 bits per heavy atom. The molecule has 2 heterocycles. The van der Waals surface area contributed by atoms with E-state index in [1.54, 1.807) is 0 Å². The summed E-state index contributed by atoms with van der Waals surface area (Å²) in [5.41, 5.74) is 0.132. The standard InChI is InChI=1S/C13H13FN2O3/c14-12-7-10(16(18)19)3-4-13(12)15-8-1-2-9(15)6-11(17)5-8/h3-4,7-9H,1-2,5-6H2/t8-,9+. The molecule has 0 N–H and O–H groups in total. The van der Waals surface area contributed by atoms with Crippen molar-refractivity contribution in [1.29, 1.82) is 0 Å². The van der Waals surface area contributed by atoms with E-state index in [1.165, 1.54) is 12.1 Å². The van der Waals surface area contributed by atoms with Crippen LogP contribution in [0, 0.1) is 15.9 Å². The summed E-state index contributed by atoms with van der Waals surface area (Å²) in [5.74, 6) is -0.355. The first-order chi connectivity index (χ1) is 9.06. The predicted molar refractivity (Wildman–Crippen MR) is 66.6 cm³/mol. The highest BCUT2D eigenvalue weighted by Crippen LogP contribution is 2.39. The third-order valence-corrected chi connectivity index (χ3v) is 3.97. The fraction of sp³-hybridized carbons (Fsp3) is 0.462. The van der Waals surface area contributed by atoms with Crippen molar-refractivity contribution in [3.63, 3.8) is 0 Å². The highest BCUT2D eigenvalue weighted by molar-refractivity contribution is 5.83. The number of Topliss-reactive ketones (excluding diaryl/α,β-unsaturated/α-hetero) is 1. The summed E-state index contributed by atoms with van der Waals surface area (Å²) in [6.45, 7) is 0. The van der Waals surface area contributed by atoms with Gasteiger partial charge in [0.05, 0.1) is 16.7 Å². The Morgan fingerprint density at radius 2 is 1.89 bits per heavy atom. The van der Waals surface area contributed by atoms with Crippen molar-refractivity contribution in [2.24, 2.45) is 0 Å². The Balaban J connectivity index is 1.95. The van der Waals surface area contributed by atoms with Crippen molar-refractivity contribution in [2.45, 2.75) is 37.8 Å². The van der Waals surface area contributed by atoms with Crippen molar-refractivity contribution < 1.29 is 14.1 Å². The molecule has 2 aliphatic rings. The monoisotopic (exact) mass is 264 g/mol. The molecule has 0 aliphatic carbocycles. The average Bonchev–Trinajstić information content (AvgIpc) is 2.62. The number of benzene rings is 1. The molecule has 0 unspecified atom stereocenters. The van der Waals surface area contributed by atoms with Crippen LogP contribution in [0.15, 0.2) is 18.2 Å². The number of carbonyl (C=O) groups excluding carboxylic acids is 1. The number of hydrogen-bond donors (Lipinski definition) is 0. The normalized spacial score (nSPS) is 25.7. The molecular formula is C13H13FN2O3. The van der Waals surface area contributed by atoms with Crippen LogP contribution < -0.4 is 4.90 Å². The van der Waals surface area contributed by atoms with Crippen LogP contribution in [0.3, 0.4) is 0 Å². The van der Waals surface area contributed by atoms with Gasteiger partial charge in [-0.25, -0.2) is 4.39 Å². The van der Waals surface area contributed by atoms with Crippen LogP contribution in [-0.4, -0.2) is 22.8 Å². The van der Waals surface area contributed by atoms with Gasteiger partial charge in [0, 0.05) is 31.0 Å². The molecule has 100 valence electrons. The molecule has 19 heavy (non-hydrogen) atoms. The van der Waals surface area contributed by atoms with Crippen molar-refractivity contribution in [3.8, 4) is 0 Å². The summed E-state index contributed by atoms with van der Waals surface area (Å²) >= 11 is 0. The number of nitro benzene ring substituents is 1. The number of ketones is 1. The molecule has 1 aromatic carbocycles. The average molecular weight is 264 g/mol. The fourth-order valence-electron chi connectivity index (χ4n) is 3.18. The summed E-state index contributed by atoms with van der Waals surface area (Å²) in [7, 11) is 0. The number of piperidine rings is 1. The largest absolute Gasteiger partial charge is 0.362 e. The van der Waals surface area contributed by atoms with Crippen LogP contribution in [0.2, 0.25) is 0 Å². The van der Waals surface area contributed by atoms with Gasteiger partial charge in [0.15, 0.2) is 5.82 Å². The Kier molecular flexibility index (Phi) is 2.73. The van der Waals surface area contributed by atoms with Crippen molar-refractivity contribution in [2.75, 3.05) is 4.90 Å². The van der Waals surface area contributed by atoms with E-state index in [1.807, 2.05) is 4.90 Å². The lowest BCUT2D eigenvalue weighted by atomic mass is 10.0. The highest BCUT2D eigenvalue weighted by atomic mass is 19.1. The maximum Gasteiger partial charge on any atom is 0.272 e. The third kappa shape index (κ3) is 1.97. The molecule has 0 spiro atoms. The quantitative estimate of drug-likeness (QED) is 0.608. The van der Waals surface area contributed by atoms with Crippen LogP contribution >= 0.6 is 0 Å². The van der Waals surface area contributed by atoms with Gasteiger partial charge in [-0.1, -0.05) is 0 Å². The molecule has 2 saturated heterocycles. The van der Waals surface area contributed by atoms with Crippen LogP contribution in [-0.2, 0) is 4.79 Å². The topological polar surface area (TPSA) is 63.5 Å². The van der Waals surface area contributed by atoms with Gasteiger partial charge >= 0.3 is 0 Å². The minimum absolute atomic E-state index is 0.0437. The number of nitrogens with zero attached hydrogens (tertiary/aromatic N) is 2. The smallest absolute Gasteiger partial charge is 0.272 e. The SMILES string of the molecule is O=C1C[C@H]2CC[C@@H](C1)N2c1ccc([N+](=O)[O-])cc1F. The second-order valence-corrected chi connectivity index (χ2v) is 5.13. The van der Waals surface area contributed by atoms with E-state index in [9.17, 15) is 19.3 Å². The second kappa shape index (κ2) is 4.29. The zero-order valence-electron chi connectivity index (χ0n) is 10.2. The Hall–Kier alpha value is -1.98. The zero-order valence-corrected chi connectivity index (χ0v) is 10.2. The molecule has 0 aromatic heterocycles. The number of non-ortho nitro benzene ring substituents is 1. The van der Waals surface area contributed by atoms with Crippen molar-refractivity contribution >= 4 is 17.2 Å². The Bertz CT molecular complexity index is 545. The van der Waals surface area contributed by atoms with E-state index in [2.05, 4.69) is 0 Å². The molecule has 2 bridgehead atoms. The van der Waals surface area contributed by atoms with E-state index in [4.69, 9.17) is 0 Å². The molecule has 2 aliphatic heterocycles. The summed E-state index contributed by atoms with van der Waals surface area (Å²) in [5, 5.41) is 10.6. The molecule has 5 nitrogen and oxygen atoms in total. The zero-order chi connectivity index (χ0) is 13.6. The number of carbonyl (C=O) groups is 1. The lowest BCUT2D eigenvalue weighted by Crippen LogP contribution is -2.43. The maximum absolute atomic E-state index is 14.0. The first kappa shape index (κ1) is 12.1. The van der Waals surface area contributed by atoms with E-state index in [0.29, 0.717) is 18.5 Å². The molecule has 1 aromatic rings. The van der Waals surface area contributed by atoms with E-state index >= 15 is 0 Å². The third-order valence-electron chi connectivity index (χ3n) is 3.97. The fourth-order valence-corrected chi connectivity index (χ4v) is 3.18. The van der Waals surface area contributed by atoms with E-state index in [0.717, 1.165) is 18.9 Å². The van der Waals surface area contributed by atoms with Gasteiger partial charge in [0.25, 0.3) is 5.69 Å². The lowest BCUT2D eigenvalue weighted by Gasteiger charge is -2.36. The van der Waals surface area contributed by atoms with Gasteiger partial charge in [-0.2, -0.15) is 0 Å². The Morgan fingerprint density at radius 3 is 2.42 bits per heavy atom.